The quantitative estimate of drug-likeness (QED) is 0.535. The fourth-order valence-electron chi connectivity index (χ4n) is 2.07. The van der Waals surface area contributed by atoms with Crippen LogP contribution in [0.1, 0.15) is 21.6 Å². The molecule has 0 radical (unpaired) electrons. The average molecular weight is 367 g/mol. The second-order valence-electron chi connectivity index (χ2n) is 5.28. The molecule has 0 aliphatic carbocycles. The van der Waals surface area contributed by atoms with Crippen LogP contribution in [-0.2, 0) is 6.61 Å². The zero-order chi connectivity index (χ0) is 18.2. The largest absolute Gasteiger partial charge is 0.489 e. The van der Waals surface area contributed by atoms with Gasteiger partial charge in [0.25, 0.3) is 5.91 Å². The topological polar surface area (TPSA) is 76.5 Å². The molecule has 0 atom stereocenters. The lowest BCUT2D eigenvalue weighted by Gasteiger charge is -2.07. The molecule has 130 valence electrons. The number of nitrogens with zero attached hydrogens (tertiary/aromatic N) is 3. The molecule has 7 heteroatoms. The number of carbonyl (C=O) groups is 1. The predicted octanol–water partition coefficient (Wildman–Crippen LogP) is 3.47. The summed E-state index contributed by atoms with van der Waals surface area (Å²) in [6.07, 6.45) is 5.84. The van der Waals surface area contributed by atoms with Crippen LogP contribution in [0.4, 0.5) is 0 Å². The van der Waals surface area contributed by atoms with Gasteiger partial charge in [0.2, 0.25) is 0 Å². The summed E-state index contributed by atoms with van der Waals surface area (Å²) in [4.78, 5) is 19.6. The molecule has 1 amide bonds. The van der Waals surface area contributed by atoms with Gasteiger partial charge in [0.1, 0.15) is 18.1 Å². The third-order valence-corrected chi connectivity index (χ3v) is 3.60. The van der Waals surface area contributed by atoms with Gasteiger partial charge in [-0.3, -0.25) is 9.78 Å². The van der Waals surface area contributed by atoms with Crippen molar-refractivity contribution in [3.63, 3.8) is 0 Å². The number of amides is 1. The molecule has 1 heterocycles. The maximum atomic E-state index is 11.8. The van der Waals surface area contributed by atoms with Crippen LogP contribution < -0.4 is 10.2 Å². The fourth-order valence-corrected chi connectivity index (χ4v) is 2.20. The van der Waals surface area contributed by atoms with Gasteiger partial charge in [0.05, 0.1) is 12.4 Å². The van der Waals surface area contributed by atoms with E-state index in [1.54, 1.807) is 0 Å². The second-order valence-corrected chi connectivity index (χ2v) is 5.71. The smallest absolute Gasteiger partial charge is 0.291 e. The number of hydrogen-bond donors (Lipinski definition) is 1. The van der Waals surface area contributed by atoms with Crippen molar-refractivity contribution in [3.05, 3.63) is 89.0 Å². The second kappa shape index (κ2) is 8.73. The summed E-state index contributed by atoms with van der Waals surface area (Å²) in [6, 6.07) is 14.9. The third kappa shape index (κ3) is 5.12. The number of hydrazone groups is 1. The van der Waals surface area contributed by atoms with Gasteiger partial charge in [-0.25, -0.2) is 10.4 Å². The van der Waals surface area contributed by atoms with Crippen LogP contribution in [-0.4, -0.2) is 22.1 Å². The molecule has 3 rings (SSSR count). The minimum atomic E-state index is -0.426. The molecule has 1 N–H and O–H groups in total. The number of aromatic nitrogens is 2. The number of benzene rings is 2. The van der Waals surface area contributed by atoms with Crippen molar-refractivity contribution in [1.82, 2.24) is 15.4 Å². The number of nitrogens with one attached hydrogen (secondary N) is 1. The summed E-state index contributed by atoms with van der Waals surface area (Å²) in [7, 11) is 0. The number of halogens is 1. The van der Waals surface area contributed by atoms with E-state index in [-0.39, 0.29) is 5.69 Å². The van der Waals surface area contributed by atoms with Crippen LogP contribution in [0.15, 0.2) is 72.2 Å². The molecule has 0 saturated carbocycles. The molecule has 0 aliphatic rings. The number of ether oxygens (including phenoxy) is 1. The third-order valence-electron chi connectivity index (χ3n) is 3.35. The molecule has 26 heavy (non-hydrogen) atoms. The molecule has 0 spiro atoms. The monoisotopic (exact) mass is 366 g/mol. The molecular weight excluding hydrogens is 352 g/mol. The Bertz CT molecular complexity index is 899. The summed E-state index contributed by atoms with van der Waals surface area (Å²) in [5, 5.41) is 4.61. The standard InChI is InChI=1S/C19H15ClN4O2/c20-16-6-4-14(5-7-16)13-26-17-3-1-2-15(10-17)11-23-24-19(25)18-12-21-8-9-22-18/h1-12H,13H2,(H,24,25)/b23-11+. The van der Waals surface area contributed by atoms with Gasteiger partial charge in [0, 0.05) is 17.4 Å². The van der Waals surface area contributed by atoms with Crippen molar-refractivity contribution >= 4 is 23.7 Å². The normalized spacial score (nSPS) is 10.7. The molecule has 3 aromatic rings. The van der Waals surface area contributed by atoms with E-state index in [1.807, 2.05) is 48.5 Å². The predicted molar refractivity (Wildman–Crippen MR) is 99.3 cm³/mol. The molecule has 2 aromatic carbocycles. The minimum absolute atomic E-state index is 0.199. The van der Waals surface area contributed by atoms with E-state index in [4.69, 9.17) is 16.3 Å². The highest BCUT2D eigenvalue weighted by molar-refractivity contribution is 6.30. The fraction of sp³-hybridized carbons (Fsp3) is 0.0526. The van der Waals surface area contributed by atoms with Gasteiger partial charge in [-0.2, -0.15) is 5.10 Å². The Labute approximate surface area is 155 Å². The van der Waals surface area contributed by atoms with E-state index < -0.39 is 5.91 Å². The van der Waals surface area contributed by atoms with Gasteiger partial charge in [0.15, 0.2) is 0 Å². The Kier molecular flexibility index (Phi) is 5.90. The molecular formula is C19H15ClN4O2. The van der Waals surface area contributed by atoms with Crippen molar-refractivity contribution in [1.29, 1.82) is 0 Å². The molecule has 6 nitrogen and oxygen atoms in total. The first-order valence-corrected chi connectivity index (χ1v) is 8.15. The summed E-state index contributed by atoms with van der Waals surface area (Å²) < 4.78 is 5.76. The van der Waals surface area contributed by atoms with Gasteiger partial charge >= 0.3 is 0 Å². The zero-order valence-electron chi connectivity index (χ0n) is 13.7. The van der Waals surface area contributed by atoms with Crippen LogP contribution in [0.2, 0.25) is 5.02 Å². The van der Waals surface area contributed by atoms with E-state index in [9.17, 15) is 4.79 Å². The zero-order valence-corrected chi connectivity index (χ0v) is 14.4. The molecule has 0 unspecified atom stereocenters. The lowest BCUT2D eigenvalue weighted by molar-refractivity contribution is 0.0949. The van der Waals surface area contributed by atoms with Gasteiger partial charge < -0.3 is 4.74 Å². The molecule has 0 aliphatic heterocycles. The van der Waals surface area contributed by atoms with Crippen LogP contribution in [0.5, 0.6) is 5.75 Å². The van der Waals surface area contributed by atoms with E-state index in [2.05, 4.69) is 20.5 Å². The number of rotatable bonds is 6. The van der Waals surface area contributed by atoms with Gasteiger partial charge in [-0.05, 0) is 35.4 Å². The van der Waals surface area contributed by atoms with E-state index in [0.717, 1.165) is 11.1 Å². The van der Waals surface area contributed by atoms with Crippen molar-refractivity contribution in [2.24, 2.45) is 5.10 Å². The highest BCUT2D eigenvalue weighted by atomic mass is 35.5. The first-order chi connectivity index (χ1) is 12.7. The molecule has 0 saturated heterocycles. The SMILES string of the molecule is O=C(N/N=C/c1cccc(OCc2ccc(Cl)cc2)c1)c1cnccn1. The van der Waals surface area contributed by atoms with Gasteiger partial charge in [-0.15, -0.1) is 0 Å². The maximum Gasteiger partial charge on any atom is 0.291 e. The number of hydrogen-bond acceptors (Lipinski definition) is 5. The van der Waals surface area contributed by atoms with Crippen LogP contribution >= 0.6 is 11.6 Å². The molecule has 0 bridgehead atoms. The lowest BCUT2D eigenvalue weighted by atomic mass is 10.2. The van der Waals surface area contributed by atoms with E-state index >= 15 is 0 Å². The average Bonchev–Trinajstić information content (AvgIpc) is 2.68. The summed E-state index contributed by atoms with van der Waals surface area (Å²) in [5.74, 6) is 0.272. The number of carbonyl (C=O) groups excluding carboxylic acids is 1. The van der Waals surface area contributed by atoms with Crippen molar-refractivity contribution < 1.29 is 9.53 Å². The summed E-state index contributed by atoms with van der Waals surface area (Å²) in [6.45, 7) is 0.432. The summed E-state index contributed by atoms with van der Waals surface area (Å²) >= 11 is 5.87. The van der Waals surface area contributed by atoms with Crippen LogP contribution in [0, 0.1) is 0 Å². The van der Waals surface area contributed by atoms with Crippen LogP contribution in [0.25, 0.3) is 0 Å². The molecule has 1 aromatic heterocycles. The van der Waals surface area contributed by atoms with E-state index in [0.29, 0.717) is 17.4 Å². The minimum Gasteiger partial charge on any atom is -0.489 e. The van der Waals surface area contributed by atoms with Crippen LogP contribution in [0.3, 0.4) is 0 Å². The molecule has 0 fully saturated rings. The first kappa shape index (κ1) is 17.6. The Balaban J connectivity index is 1.56. The Morgan fingerprint density at radius 2 is 2.04 bits per heavy atom. The Hall–Kier alpha value is -3.25. The van der Waals surface area contributed by atoms with Crippen molar-refractivity contribution in [2.75, 3.05) is 0 Å². The van der Waals surface area contributed by atoms with E-state index in [1.165, 1.54) is 24.8 Å². The maximum absolute atomic E-state index is 11.8. The lowest BCUT2D eigenvalue weighted by Crippen LogP contribution is -2.19. The van der Waals surface area contributed by atoms with Crippen molar-refractivity contribution in [3.8, 4) is 5.75 Å². The first-order valence-electron chi connectivity index (χ1n) is 7.77. The Morgan fingerprint density at radius 3 is 2.81 bits per heavy atom. The Morgan fingerprint density at radius 1 is 1.19 bits per heavy atom. The van der Waals surface area contributed by atoms with Crippen molar-refractivity contribution in [2.45, 2.75) is 6.61 Å². The highest BCUT2D eigenvalue weighted by Crippen LogP contribution is 2.15. The van der Waals surface area contributed by atoms with Gasteiger partial charge in [-0.1, -0.05) is 35.9 Å². The highest BCUT2D eigenvalue weighted by Gasteiger charge is 2.04. The summed E-state index contributed by atoms with van der Waals surface area (Å²) in [5.41, 5.74) is 4.41.